The highest BCUT2D eigenvalue weighted by Gasteiger charge is 2.21. The van der Waals surface area contributed by atoms with Crippen molar-refractivity contribution in [2.24, 2.45) is 5.92 Å². The van der Waals surface area contributed by atoms with E-state index in [1.54, 1.807) is 36.1 Å². The van der Waals surface area contributed by atoms with Crippen LogP contribution in [0.3, 0.4) is 0 Å². The van der Waals surface area contributed by atoms with Gasteiger partial charge in [-0.15, -0.1) is 5.10 Å². The van der Waals surface area contributed by atoms with Crippen LogP contribution in [0.1, 0.15) is 23.3 Å². The number of hydrogen-bond donors (Lipinski definition) is 3. The van der Waals surface area contributed by atoms with E-state index < -0.39 is 0 Å². The van der Waals surface area contributed by atoms with E-state index in [0.717, 1.165) is 25.9 Å². The zero-order valence-corrected chi connectivity index (χ0v) is 13.7. The van der Waals surface area contributed by atoms with Gasteiger partial charge in [0.1, 0.15) is 5.75 Å². The standard InChI is InChI=1S/C16H22N6O2/c1-24-13-4-2-3-12(9-13)19-16(23)14-15(17)22(21-20-14)10-11-5-7-18-8-6-11/h2-4,9,11,18H,5-8,10,17H2,1H3,(H,19,23). The summed E-state index contributed by atoms with van der Waals surface area (Å²) in [5.74, 6) is 1.09. The monoisotopic (exact) mass is 330 g/mol. The maximum atomic E-state index is 12.4. The lowest BCUT2D eigenvalue weighted by atomic mass is 9.98. The highest BCUT2D eigenvalue weighted by Crippen LogP contribution is 2.20. The first-order valence-corrected chi connectivity index (χ1v) is 8.02. The van der Waals surface area contributed by atoms with E-state index >= 15 is 0 Å². The summed E-state index contributed by atoms with van der Waals surface area (Å²) in [6.07, 6.45) is 2.15. The fraction of sp³-hybridized carbons (Fsp3) is 0.438. The Hall–Kier alpha value is -2.61. The van der Waals surface area contributed by atoms with Crippen molar-refractivity contribution >= 4 is 17.4 Å². The first-order valence-electron chi connectivity index (χ1n) is 8.02. The fourth-order valence-corrected chi connectivity index (χ4v) is 2.82. The Balaban J connectivity index is 1.68. The molecule has 0 radical (unpaired) electrons. The number of amides is 1. The van der Waals surface area contributed by atoms with Gasteiger partial charge in [0.2, 0.25) is 0 Å². The average molecular weight is 330 g/mol. The van der Waals surface area contributed by atoms with Crippen LogP contribution in [0.25, 0.3) is 0 Å². The SMILES string of the molecule is COc1cccc(NC(=O)c2nnn(CC3CCNCC3)c2N)c1. The van der Waals surface area contributed by atoms with Crippen LogP contribution in [-0.4, -0.2) is 41.1 Å². The number of nitrogens with zero attached hydrogens (tertiary/aromatic N) is 3. The fourth-order valence-electron chi connectivity index (χ4n) is 2.82. The van der Waals surface area contributed by atoms with Gasteiger partial charge in [0.05, 0.1) is 7.11 Å². The number of carbonyl (C=O) groups excluding carboxylic acids is 1. The van der Waals surface area contributed by atoms with E-state index in [1.165, 1.54) is 0 Å². The molecular weight excluding hydrogens is 308 g/mol. The molecule has 4 N–H and O–H groups in total. The van der Waals surface area contributed by atoms with Crippen LogP contribution in [0, 0.1) is 5.92 Å². The van der Waals surface area contributed by atoms with Crippen molar-refractivity contribution in [3.63, 3.8) is 0 Å². The molecule has 128 valence electrons. The van der Waals surface area contributed by atoms with Crippen LogP contribution in [0.2, 0.25) is 0 Å². The van der Waals surface area contributed by atoms with Gasteiger partial charge >= 0.3 is 0 Å². The van der Waals surface area contributed by atoms with Gasteiger partial charge in [-0.05, 0) is 44.0 Å². The largest absolute Gasteiger partial charge is 0.497 e. The van der Waals surface area contributed by atoms with Gasteiger partial charge in [-0.2, -0.15) is 0 Å². The topological polar surface area (TPSA) is 107 Å². The number of piperidine rings is 1. The lowest BCUT2D eigenvalue weighted by Gasteiger charge is -2.22. The number of ether oxygens (including phenoxy) is 1. The van der Waals surface area contributed by atoms with Gasteiger partial charge in [0, 0.05) is 18.3 Å². The lowest BCUT2D eigenvalue weighted by molar-refractivity contribution is 0.102. The van der Waals surface area contributed by atoms with Crippen LogP contribution in [0.4, 0.5) is 11.5 Å². The molecule has 1 aromatic heterocycles. The smallest absolute Gasteiger partial charge is 0.280 e. The van der Waals surface area contributed by atoms with Crippen molar-refractivity contribution in [1.29, 1.82) is 0 Å². The Kier molecular flexibility index (Phi) is 4.95. The van der Waals surface area contributed by atoms with Crippen molar-refractivity contribution in [2.45, 2.75) is 19.4 Å². The second kappa shape index (κ2) is 7.31. The number of anilines is 2. The number of rotatable bonds is 5. The van der Waals surface area contributed by atoms with Crippen LogP contribution >= 0.6 is 0 Å². The van der Waals surface area contributed by atoms with E-state index in [9.17, 15) is 4.79 Å². The molecule has 1 aliphatic rings. The molecule has 1 saturated heterocycles. The molecule has 0 spiro atoms. The lowest BCUT2D eigenvalue weighted by Crippen LogP contribution is -2.30. The Labute approximate surface area is 140 Å². The number of nitrogen functional groups attached to an aromatic ring is 1. The molecule has 0 atom stereocenters. The summed E-state index contributed by atoms with van der Waals surface area (Å²) < 4.78 is 6.76. The Morgan fingerprint density at radius 3 is 3.00 bits per heavy atom. The van der Waals surface area contributed by atoms with Gasteiger partial charge < -0.3 is 21.1 Å². The molecule has 1 aromatic carbocycles. The van der Waals surface area contributed by atoms with E-state index in [2.05, 4.69) is 20.9 Å². The molecule has 1 amide bonds. The van der Waals surface area contributed by atoms with Crippen LogP contribution in [0.15, 0.2) is 24.3 Å². The van der Waals surface area contributed by atoms with Crippen LogP contribution in [0.5, 0.6) is 5.75 Å². The minimum absolute atomic E-state index is 0.145. The zero-order valence-electron chi connectivity index (χ0n) is 13.7. The first-order chi connectivity index (χ1) is 11.7. The summed E-state index contributed by atoms with van der Waals surface area (Å²) in [5, 5.41) is 14.1. The van der Waals surface area contributed by atoms with E-state index in [1.807, 2.05) is 0 Å². The number of benzene rings is 1. The Morgan fingerprint density at radius 1 is 1.46 bits per heavy atom. The number of aromatic nitrogens is 3. The van der Waals surface area contributed by atoms with Gasteiger partial charge in [0.15, 0.2) is 11.5 Å². The first kappa shape index (κ1) is 16.3. The summed E-state index contributed by atoms with van der Waals surface area (Å²) >= 11 is 0. The van der Waals surface area contributed by atoms with Crippen molar-refractivity contribution in [1.82, 2.24) is 20.3 Å². The third kappa shape index (κ3) is 3.65. The van der Waals surface area contributed by atoms with Gasteiger partial charge in [-0.25, -0.2) is 4.68 Å². The molecule has 8 heteroatoms. The number of nitrogens with two attached hydrogens (primary N) is 1. The predicted octanol–water partition coefficient (Wildman–Crippen LogP) is 1.12. The zero-order chi connectivity index (χ0) is 16.9. The minimum atomic E-state index is -0.377. The quantitative estimate of drug-likeness (QED) is 0.758. The van der Waals surface area contributed by atoms with Crippen molar-refractivity contribution in [2.75, 3.05) is 31.2 Å². The van der Waals surface area contributed by atoms with Crippen LogP contribution < -0.4 is 21.1 Å². The molecule has 2 aromatic rings. The van der Waals surface area contributed by atoms with Crippen molar-refractivity contribution < 1.29 is 9.53 Å². The summed E-state index contributed by atoms with van der Waals surface area (Å²) in [4.78, 5) is 12.4. The predicted molar refractivity (Wildman–Crippen MR) is 91.0 cm³/mol. The highest BCUT2D eigenvalue weighted by molar-refractivity contribution is 6.05. The van der Waals surface area contributed by atoms with Crippen molar-refractivity contribution in [3.05, 3.63) is 30.0 Å². The Bertz CT molecular complexity index is 708. The third-order valence-corrected chi connectivity index (χ3v) is 4.21. The summed E-state index contributed by atoms with van der Waals surface area (Å²) in [5.41, 5.74) is 6.83. The molecule has 0 saturated carbocycles. The van der Waals surface area contributed by atoms with Gasteiger partial charge in [-0.3, -0.25) is 4.79 Å². The molecule has 0 aliphatic carbocycles. The maximum Gasteiger partial charge on any atom is 0.280 e. The number of methoxy groups -OCH3 is 1. The molecule has 1 aliphatic heterocycles. The van der Waals surface area contributed by atoms with Crippen molar-refractivity contribution in [3.8, 4) is 5.75 Å². The average Bonchev–Trinajstić information content (AvgIpc) is 2.97. The maximum absolute atomic E-state index is 12.4. The molecule has 0 unspecified atom stereocenters. The molecule has 8 nitrogen and oxygen atoms in total. The normalized spacial score (nSPS) is 15.2. The Morgan fingerprint density at radius 2 is 2.25 bits per heavy atom. The summed E-state index contributed by atoms with van der Waals surface area (Å²) in [7, 11) is 1.57. The third-order valence-electron chi connectivity index (χ3n) is 4.21. The highest BCUT2D eigenvalue weighted by atomic mass is 16.5. The number of hydrogen-bond acceptors (Lipinski definition) is 6. The summed E-state index contributed by atoms with van der Waals surface area (Å²) in [6.45, 7) is 2.69. The molecule has 3 rings (SSSR count). The van der Waals surface area contributed by atoms with E-state index in [-0.39, 0.29) is 11.6 Å². The van der Waals surface area contributed by atoms with E-state index in [4.69, 9.17) is 10.5 Å². The summed E-state index contributed by atoms with van der Waals surface area (Å²) in [6, 6.07) is 7.11. The second-order valence-electron chi connectivity index (χ2n) is 5.88. The van der Waals surface area contributed by atoms with Gasteiger partial charge in [-0.1, -0.05) is 11.3 Å². The number of nitrogens with one attached hydrogen (secondary N) is 2. The van der Waals surface area contributed by atoms with E-state index in [0.29, 0.717) is 29.7 Å². The molecule has 1 fully saturated rings. The number of carbonyl (C=O) groups is 1. The van der Waals surface area contributed by atoms with Gasteiger partial charge in [0.25, 0.3) is 5.91 Å². The molecule has 2 heterocycles. The van der Waals surface area contributed by atoms with Crippen LogP contribution in [-0.2, 0) is 6.54 Å². The second-order valence-corrected chi connectivity index (χ2v) is 5.88. The minimum Gasteiger partial charge on any atom is -0.497 e. The molecule has 24 heavy (non-hydrogen) atoms. The molecule has 0 bridgehead atoms. The molecular formula is C16H22N6O2.